The molecule has 4 rings (SSSR count). The number of hydrogen-bond donors (Lipinski definition) is 1. The van der Waals surface area contributed by atoms with Crippen LogP contribution in [0.4, 0.5) is 26.3 Å². The summed E-state index contributed by atoms with van der Waals surface area (Å²) >= 11 is 0. The standard InChI is InChI=1S/C23H24F6N4O2S/c1-22(2,3)10-33-9-16(19(21(25)26)32-36(34,35)12-4-5-12)14-6-17(24)13(7-18(14)33)15-8-30-11-31-20(15)23(27,28)29/h6-9,11-12,19,21,32H,4-5,10H2,1-3H3/t19-/m0/s1. The minimum atomic E-state index is -4.89. The SMILES string of the molecule is CC(C)(C)Cn1cc([C@H](NS(=O)(=O)C2CC2)C(F)F)c2cc(F)c(-c3cncnc3C(F)(F)F)cc21. The Hall–Kier alpha value is -2.67. The highest BCUT2D eigenvalue weighted by atomic mass is 32.2. The maximum absolute atomic E-state index is 15.3. The molecular weight excluding hydrogens is 510 g/mol. The normalized spacial score (nSPS) is 16.2. The third-order valence-electron chi connectivity index (χ3n) is 5.76. The maximum atomic E-state index is 15.3. The zero-order valence-electron chi connectivity index (χ0n) is 19.6. The first kappa shape index (κ1) is 26.4. The van der Waals surface area contributed by atoms with Gasteiger partial charge < -0.3 is 4.57 Å². The van der Waals surface area contributed by atoms with Gasteiger partial charge in [-0.3, -0.25) is 0 Å². The minimum absolute atomic E-state index is 0.0327. The first-order chi connectivity index (χ1) is 16.6. The Morgan fingerprint density at radius 3 is 2.36 bits per heavy atom. The molecule has 0 aliphatic heterocycles. The van der Waals surface area contributed by atoms with Crippen LogP contribution in [0.2, 0.25) is 0 Å². The second kappa shape index (κ2) is 9.02. The topological polar surface area (TPSA) is 76.9 Å². The number of benzene rings is 1. The van der Waals surface area contributed by atoms with E-state index in [0.717, 1.165) is 18.3 Å². The third kappa shape index (κ3) is 5.36. The Kier molecular flexibility index (Phi) is 6.61. The molecule has 1 aliphatic carbocycles. The van der Waals surface area contributed by atoms with Gasteiger partial charge in [-0.2, -0.15) is 13.2 Å². The summed E-state index contributed by atoms with van der Waals surface area (Å²) in [6, 6.07) is 0.0224. The van der Waals surface area contributed by atoms with E-state index in [2.05, 4.69) is 14.7 Å². The summed E-state index contributed by atoms with van der Waals surface area (Å²) in [7, 11) is -4.03. The van der Waals surface area contributed by atoms with Crippen LogP contribution in [0.3, 0.4) is 0 Å². The van der Waals surface area contributed by atoms with Crippen LogP contribution in [0.5, 0.6) is 0 Å². The van der Waals surface area contributed by atoms with Crippen molar-refractivity contribution in [2.45, 2.75) is 64.1 Å². The van der Waals surface area contributed by atoms with Crippen LogP contribution in [0.1, 0.15) is 50.9 Å². The number of sulfonamides is 1. The molecule has 0 saturated heterocycles. The fraction of sp³-hybridized carbons (Fsp3) is 0.478. The Bertz CT molecular complexity index is 1390. The van der Waals surface area contributed by atoms with Crippen LogP contribution in [0, 0.1) is 11.2 Å². The highest BCUT2D eigenvalue weighted by Gasteiger charge is 2.40. The van der Waals surface area contributed by atoms with Crippen LogP contribution in [0.25, 0.3) is 22.0 Å². The van der Waals surface area contributed by atoms with E-state index in [-0.39, 0.29) is 23.0 Å². The number of aromatic nitrogens is 3. The van der Waals surface area contributed by atoms with Crippen LogP contribution in [-0.4, -0.2) is 34.6 Å². The summed E-state index contributed by atoms with van der Waals surface area (Å²) in [6.45, 7) is 5.81. The zero-order valence-corrected chi connectivity index (χ0v) is 20.4. The predicted molar refractivity (Wildman–Crippen MR) is 121 cm³/mol. The number of fused-ring (bicyclic) bond motifs is 1. The molecule has 0 unspecified atom stereocenters. The lowest BCUT2D eigenvalue weighted by molar-refractivity contribution is -0.140. The van der Waals surface area contributed by atoms with Crippen molar-refractivity contribution in [3.63, 3.8) is 0 Å². The van der Waals surface area contributed by atoms with Gasteiger partial charge in [-0.1, -0.05) is 20.8 Å². The summed E-state index contributed by atoms with van der Waals surface area (Å²) < 4.78 is 113. The quantitative estimate of drug-likeness (QED) is 0.395. The van der Waals surface area contributed by atoms with Gasteiger partial charge in [-0.25, -0.2) is 36.3 Å². The molecule has 0 bridgehead atoms. The molecule has 13 heteroatoms. The van der Waals surface area contributed by atoms with Gasteiger partial charge in [0.05, 0.1) is 5.25 Å². The van der Waals surface area contributed by atoms with E-state index in [1.807, 2.05) is 20.8 Å². The van der Waals surface area contributed by atoms with Gasteiger partial charge in [0.2, 0.25) is 10.0 Å². The Balaban J connectivity index is 1.94. The summed E-state index contributed by atoms with van der Waals surface area (Å²) in [5.41, 5.74) is -2.80. The van der Waals surface area contributed by atoms with Gasteiger partial charge >= 0.3 is 6.18 Å². The van der Waals surface area contributed by atoms with Crippen molar-refractivity contribution in [2.75, 3.05) is 0 Å². The average Bonchev–Trinajstić information content (AvgIpc) is 3.55. The first-order valence-corrected chi connectivity index (χ1v) is 12.6. The number of hydrogen-bond acceptors (Lipinski definition) is 4. The molecule has 196 valence electrons. The second-order valence-corrected chi connectivity index (χ2v) is 12.1. The molecule has 1 aliphatic rings. The lowest BCUT2D eigenvalue weighted by Crippen LogP contribution is -2.35. The third-order valence-corrected chi connectivity index (χ3v) is 7.69. The maximum Gasteiger partial charge on any atom is 0.434 e. The van der Waals surface area contributed by atoms with Gasteiger partial charge in [0.1, 0.15) is 18.2 Å². The first-order valence-electron chi connectivity index (χ1n) is 11.1. The molecule has 2 heterocycles. The van der Waals surface area contributed by atoms with Crippen molar-refractivity contribution < 1.29 is 34.8 Å². The zero-order chi connectivity index (χ0) is 26.6. The number of rotatable bonds is 7. The van der Waals surface area contributed by atoms with Crippen LogP contribution < -0.4 is 4.72 Å². The van der Waals surface area contributed by atoms with Crippen molar-refractivity contribution in [3.05, 3.63) is 47.9 Å². The summed E-state index contributed by atoms with van der Waals surface area (Å²) in [5.74, 6) is -1.12. The fourth-order valence-electron chi connectivity index (χ4n) is 4.09. The monoisotopic (exact) mass is 534 g/mol. The highest BCUT2D eigenvalue weighted by molar-refractivity contribution is 7.90. The van der Waals surface area contributed by atoms with Crippen molar-refractivity contribution in [1.29, 1.82) is 0 Å². The summed E-state index contributed by atoms with van der Waals surface area (Å²) in [6.07, 6.45) is -4.50. The molecule has 0 radical (unpaired) electrons. The molecule has 1 fully saturated rings. The lowest BCUT2D eigenvalue weighted by Gasteiger charge is -2.20. The molecule has 1 atom stereocenters. The van der Waals surface area contributed by atoms with Crippen molar-refractivity contribution in [2.24, 2.45) is 5.41 Å². The molecule has 6 nitrogen and oxygen atoms in total. The Morgan fingerprint density at radius 1 is 1.14 bits per heavy atom. The van der Waals surface area contributed by atoms with Gasteiger partial charge in [0.25, 0.3) is 6.43 Å². The second-order valence-electron chi connectivity index (χ2n) is 10.1. The lowest BCUT2D eigenvalue weighted by atomic mass is 9.96. The van der Waals surface area contributed by atoms with Crippen LogP contribution in [0.15, 0.2) is 30.9 Å². The number of alkyl halides is 5. The van der Waals surface area contributed by atoms with Crippen LogP contribution >= 0.6 is 0 Å². The largest absolute Gasteiger partial charge is 0.434 e. The van der Waals surface area contributed by atoms with E-state index in [4.69, 9.17) is 0 Å². The van der Waals surface area contributed by atoms with Gasteiger partial charge in [-0.05, 0) is 30.4 Å². The molecule has 2 aromatic heterocycles. The molecule has 0 amide bonds. The molecule has 36 heavy (non-hydrogen) atoms. The Labute approximate surface area is 203 Å². The summed E-state index contributed by atoms with van der Waals surface area (Å²) in [4.78, 5) is 6.86. The summed E-state index contributed by atoms with van der Waals surface area (Å²) in [5, 5.41) is -0.793. The number of nitrogens with zero attached hydrogens (tertiary/aromatic N) is 3. The smallest absolute Gasteiger partial charge is 0.347 e. The molecule has 3 aromatic rings. The number of halogens is 6. The molecular formula is C23H24F6N4O2S. The van der Waals surface area contributed by atoms with E-state index in [9.17, 15) is 30.4 Å². The van der Waals surface area contributed by atoms with Gasteiger partial charge in [0.15, 0.2) is 5.69 Å². The molecule has 0 spiro atoms. The minimum Gasteiger partial charge on any atom is -0.347 e. The van der Waals surface area contributed by atoms with E-state index in [1.165, 1.54) is 10.8 Å². The van der Waals surface area contributed by atoms with Crippen molar-refractivity contribution >= 4 is 20.9 Å². The fourth-order valence-corrected chi connectivity index (χ4v) is 5.62. The van der Waals surface area contributed by atoms with E-state index in [1.54, 1.807) is 0 Å². The molecule has 1 aromatic carbocycles. The predicted octanol–water partition coefficient (Wildman–Crippen LogP) is 5.69. The van der Waals surface area contributed by atoms with Gasteiger partial charge in [0, 0.05) is 46.5 Å². The average molecular weight is 535 g/mol. The van der Waals surface area contributed by atoms with Crippen molar-refractivity contribution in [1.82, 2.24) is 19.3 Å². The molecule has 1 saturated carbocycles. The molecule has 1 N–H and O–H groups in total. The van der Waals surface area contributed by atoms with E-state index >= 15 is 4.39 Å². The highest BCUT2D eigenvalue weighted by Crippen LogP contribution is 2.40. The van der Waals surface area contributed by atoms with Gasteiger partial charge in [-0.15, -0.1) is 0 Å². The van der Waals surface area contributed by atoms with E-state index < -0.39 is 62.0 Å². The Morgan fingerprint density at radius 2 is 1.81 bits per heavy atom. The van der Waals surface area contributed by atoms with E-state index in [0.29, 0.717) is 19.2 Å². The van der Waals surface area contributed by atoms with Crippen LogP contribution in [-0.2, 0) is 22.7 Å². The van der Waals surface area contributed by atoms with Crippen molar-refractivity contribution in [3.8, 4) is 11.1 Å². The number of nitrogens with one attached hydrogen (secondary N) is 1.